The Morgan fingerprint density at radius 2 is 1.73 bits per heavy atom. The molecule has 0 bridgehead atoms. The molecule has 0 aliphatic carbocycles. The molecule has 0 heterocycles. The molecule has 7 heteroatoms. The number of amides is 2. The van der Waals surface area contributed by atoms with Gasteiger partial charge in [-0.1, -0.05) is 66.2 Å². The van der Waals surface area contributed by atoms with Crippen LogP contribution >= 0.6 is 15.9 Å². The molecule has 0 radical (unpaired) electrons. The first kappa shape index (κ1) is 23.9. The third-order valence-corrected chi connectivity index (χ3v) is 4.67. The van der Waals surface area contributed by atoms with E-state index in [1.807, 2.05) is 68.4 Å². The maximum atomic E-state index is 13.5. The SMILES string of the molecule is CC(C)C(NC(=O)OC(C)(C)C)C(=O)N(NCc1ccccc1)c1cccc(Br)c1. The quantitative estimate of drug-likeness (QED) is 0.550. The number of carbonyl (C=O) groups excluding carboxylic acids is 2. The Labute approximate surface area is 187 Å². The van der Waals surface area contributed by atoms with Crippen molar-refractivity contribution in [2.75, 3.05) is 5.01 Å². The maximum absolute atomic E-state index is 13.5. The number of hydrogen-bond acceptors (Lipinski definition) is 4. The van der Waals surface area contributed by atoms with Crippen LogP contribution in [0, 0.1) is 5.92 Å². The van der Waals surface area contributed by atoms with Crippen LogP contribution in [0.4, 0.5) is 10.5 Å². The summed E-state index contributed by atoms with van der Waals surface area (Å²) in [5.74, 6) is -0.414. The van der Waals surface area contributed by atoms with E-state index in [9.17, 15) is 9.59 Å². The number of nitrogens with one attached hydrogen (secondary N) is 2. The first-order chi connectivity index (χ1) is 14.1. The van der Waals surface area contributed by atoms with Crippen molar-refractivity contribution >= 4 is 33.6 Å². The summed E-state index contributed by atoms with van der Waals surface area (Å²) in [7, 11) is 0. The molecule has 30 heavy (non-hydrogen) atoms. The topological polar surface area (TPSA) is 70.7 Å². The van der Waals surface area contributed by atoms with Crippen molar-refractivity contribution in [1.29, 1.82) is 0 Å². The minimum Gasteiger partial charge on any atom is -0.444 e. The van der Waals surface area contributed by atoms with E-state index in [4.69, 9.17) is 4.74 Å². The average molecular weight is 476 g/mol. The minimum absolute atomic E-state index is 0.141. The lowest BCUT2D eigenvalue weighted by Gasteiger charge is -2.31. The Kier molecular flexibility index (Phi) is 8.43. The van der Waals surface area contributed by atoms with Gasteiger partial charge in [0.05, 0.1) is 5.69 Å². The summed E-state index contributed by atoms with van der Waals surface area (Å²) < 4.78 is 6.20. The number of carbonyl (C=O) groups is 2. The molecule has 6 nitrogen and oxygen atoms in total. The summed E-state index contributed by atoms with van der Waals surface area (Å²) >= 11 is 3.46. The second-order valence-corrected chi connectivity index (χ2v) is 9.26. The van der Waals surface area contributed by atoms with E-state index >= 15 is 0 Å². The van der Waals surface area contributed by atoms with Crippen LogP contribution in [0.3, 0.4) is 0 Å². The number of halogens is 1. The highest BCUT2D eigenvalue weighted by Gasteiger charge is 2.31. The van der Waals surface area contributed by atoms with E-state index in [0.717, 1.165) is 10.0 Å². The molecule has 1 atom stereocenters. The van der Waals surface area contributed by atoms with Crippen LogP contribution in [-0.2, 0) is 16.1 Å². The Hall–Kier alpha value is -2.38. The zero-order valence-corrected chi connectivity index (χ0v) is 19.7. The lowest BCUT2D eigenvalue weighted by Crippen LogP contribution is -2.56. The Morgan fingerprint density at radius 1 is 1.07 bits per heavy atom. The summed E-state index contributed by atoms with van der Waals surface area (Å²) in [5, 5.41) is 4.22. The molecule has 0 aliphatic rings. The van der Waals surface area contributed by atoms with E-state index < -0.39 is 17.7 Å². The van der Waals surface area contributed by atoms with Gasteiger partial charge in [0.15, 0.2) is 0 Å². The van der Waals surface area contributed by atoms with Gasteiger partial charge in [0.1, 0.15) is 11.6 Å². The van der Waals surface area contributed by atoms with Crippen molar-refractivity contribution in [3.8, 4) is 0 Å². The summed E-state index contributed by atoms with van der Waals surface area (Å²) in [5.41, 5.74) is 4.26. The van der Waals surface area contributed by atoms with Crippen molar-refractivity contribution in [3.05, 3.63) is 64.6 Å². The van der Waals surface area contributed by atoms with Crippen molar-refractivity contribution in [3.63, 3.8) is 0 Å². The number of anilines is 1. The standard InChI is InChI=1S/C23H30BrN3O3/c1-16(2)20(26-22(29)30-23(3,4)5)21(28)27(19-13-9-12-18(24)14-19)25-15-17-10-7-6-8-11-17/h6-14,16,20,25H,15H2,1-5H3,(H,26,29). The maximum Gasteiger partial charge on any atom is 0.408 e. The summed E-state index contributed by atoms with van der Waals surface area (Å²) in [6.07, 6.45) is -0.619. The average Bonchev–Trinajstić information content (AvgIpc) is 2.65. The van der Waals surface area contributed by atoms with Gasteiger partial charge in [0.2, 0.25) is 0 Å². The van der Waals surface area contributed by atoms with Gasteiger partial charge in [-0.2, -0.15) is 0 Å². The van der Waals surface area contributed by atoms with Crippen LogP contribution in [-0.4, -0.2) is 23.6 Å². The fourth-order valence-electron chi connectivity index (χ4n) is 2.77. The van der Waals surface area contributed by atoms with Gasteiger partial charge in [-0.15, -0.1) is 0 Å². The van der Waals surface area contributed by atoms with Crippen molar-refractivity contribution in [2.24, 2.45) is 5.92 Å². The smallest absolute Gasteiger partial charge is 0.408 e. The second-order valence-electron chi connectivity index (χ2n) is 8.34. The van der Waals surface area contributed by atoms with Crippen LogP contribution < -0.4 is 15.8 Å². The number of rotatable bonds is 7. The third kappa shape index (κ3) is 7.46. The van der Waals surface area contributed by atoms with E-state index in [0.29, 0.717) is 12.2 Å². The molecule has 0 fully saturated rings. The molecular formula is C23H30BrN3O3. The number of hydrogen-bond donors (Lipinski definition) is 2. The van der Waals surface area contributed by atoms with Gasteiger partial charge in [-0.3, -0.25) is 4.79 Å². The molecule has 2 rings (SSSR count). The lowest BCUT2D eigenvalue weighted by molar-refractivity contribution is -0.122. The highest BCUT2D eigenvalue weighted by Crippen LogP contribution is 2.21. The fourth-order valence-corrected chi connectivity index (χ4v) is 3.15. The molecule has 2 N–H and O–H groups in total. The molecule has 0 saturated heterocycles. The molecule has 1 unspecified atom stereocenters. The molecular weight excluding hydrogens is 446 g/mol. The van der Waals surface area contributed by atoms with Crippen molar-refractivity contribution in [1.82, 2.24) is 10.7 Å². The van der Waals surface area contributed by atoms with Gasteiger partial charge >= 0.3 is 6.09 Å². The van der Waals surface area contributed by atoms with Crippen LogP contribution in [0.1, 0.15) is 40.2 Å². The van der Waals surface area contributed by atoms with Gasteiger partial charge in [0.25, 0.3) is 5.91 Å². The lowest BCUT2D eigenvalue weighted by atomic mass is 10.0. The second kappa shape index (κ2) is 10.6. The predicted molar refractivity (Wildman–Crippen MR) is 123 cm³/mol. The van der Waals surface area contributed by atoms with Crippen LogP contribution in [0.2, 0.25) is 0 Å². The van der Waals surface area contributed by atoms with E-state index in [1.54, 1.807) is 20.8 Å². The first-order valence-corrected chi connectivity index (χ1v) is 10.7. The zero-order valence-electron chi connectivity index (χ0n) is 18.1. The van der Waals surface area contributed by atoms with Crippen molar-refractivity contribution < 1.29 is 14.3 Å². The van der Waals surface area contributed by atoms with Gasteiger partial charge in [-0.05, 0) is 50.5 Å². The Morgan fingerprint density at radius 3 is 2.30 bits per heavy atom. The minimum atomic E-state index is -0.762. The van der Waals surface area contributed by atoms with Crippen molar-refractivity contribution in [2.45, 2.75) is 52.8 Å². The van der Waals surface area contributed by atoms with E-state index in [-0.39, 0.29) is 11.8 Å². The van der Waals surface area contributed by atoms with Gasteiger partial charge < -0.3 is 10.1 Å². The van der Waals surface area contributed by atoms with Gasteiger partial charge in [0, 0.05) is 11.0 Å². The Balaban J connectivity index is 2.27. The predicted octanol–water partition coefficient (Wildman–Crippen LogP) is 5.04. The summed E-state index contributed by atoms with van der Waals surface area (Å²) in [4.78, 5) is 25.8. The number of hydrazine groups is 1. The number of benzene rings is 2. The molecule has 2 aromatic rings. The highest BCUT2D eigenvalue weighted by molar-refractivity contribution is 9.10. The van der Waals surface area contributed by atoms with Crippen LogP contribution in [0.5, 0.6) is 0 Å². The molecule has 0 spiro atoms. The third-order valence-electron chi connectivity index (χ3n) is 4.18. The monoisotopic (exact) mass is 475 g/mol. The van der Waals surface area contributed by atoms with Crippen LogP contribution in [0.15, 0.2) is 59.1 Å². The van der Waals surface area contributed by atoms with E-state index in [1.165, 1.54) is 5.01 Å². The molecule has 162 valence electrons. The number of ether oxygens (including phenoxy) is 1. The molecule has 0 aliphatic heterocycles. The molecule has 2 amide bonds. The summed E-state index contributed by atoms with van der Waals surface area (Å²) in [6.45, 7) is 9.58. The molecule has 0 saturated carbocycles. The zero-order chi connectivity index (χ0) is 22.3. The normalized spacial score (nSPS) is 12.4. The largest absolute Gasteiger partial charge is 0.444 e. The van der Waals surface area contributed by atoms with Crippen LogP contribution in [0.25, 0.3) is 0 Å². The number of nitrogens with zero attached hydrogens (tertiary/aromatic N) is 1. The first-order valence-electron chi connectivity index (χ1n) is 9.93. The summed E-state index contributed by atoms with van der Waals surface area (Å²) in [6, 6.07) is 16.5. The number of alkyl carbamates (subject to hydrolysis) is 1. The fraction of sp³-hybridized carbons (Fsp3) is 0.391. The molecule has 0 aromatic heterocycles. The van der Waals surface area contributed by atoms with E-state index in [2.05, 4.69) is 26.7 Å². The highest BCUT2D eigenvalue weighted by atomic mass is 79.9. The van der Waals surface area contributed by atoms with Gasteiger partial charge in [-0.25, -0.2) is 15.2 Å². The molecule has 2 aromatic carbocycles. The Bertz CT molecular complexity index is 850.